The van der Waals surface area contributed by atoms with E-state index >= 15 is 0 Å². The summed E-state index contributed by atoms with van der Waals surface area (Å²) in [5, 5.41) is 3.93. The van der Waals surface area contributed by atoms with Gasteiger partial charge < -0.3 is 20.2 Å². The fourth-order valence-corrected chi connectivity index (χ4v) is 3.83. The molecule has 0 radical (unpaired) electrons. The number of fused-ring (bicyclic) bond motifs is 1. The van der Waals surface area contributed by atoms with Crippen LogP contribution in [0.4, 0.5) is 0 Å². The first-order valence-electron chi connectivity index (χ1n) is 10.9. The maximum Gasteiger partial charge on any atom is 0.235 e. The van der Waals surface area contributed by atoms with Crippen LogP contribution in [0.25, 0.3) is 33.4 Å². The Morgan fingerprint density at radius 3 is 2.31 bits per heavy atom. The lowest BCUT2D eigenvalue weighted by molar-refractivity contribution is 0.398. The number of benzene rings is 3. The summed E-state index contributed by atoms with van der Waals surface area (Å²) in [7, 11) is 1.50. The molecule has 0 fully saturated rings. The van der Waals surface area contributed by atoms with Gasteiger partial charge in [0.05, 0.1) is 12.5 Å². The number of nitrogens with two attached hydrogens (primary N) is 1. The van der Waals surface area contributed by atoms with Crippen molar-refractivity contribution in [2.45, 2.75) is 19.4 Å². The molecule has 0 saturated carbocycles. The number of hydrogen-bond donors (Lipinski definition) is 2. The van der Waals surface area contributed by atoms with E-state index in [0.717, 1.165) is 41.6 Å². The van der Waals surface area contributed by atoms with Gasteiger partial charge in [0.15, 0.2) is 5.76 Å². The number of methoxy groups -OCH3 is 1. The minimum Gasteiger partial charge on any atom is -0.490 e. The Morgan fingerprint density at radius 2 is 1.59 bits per heavy atom. The van der Waals surface area contributed by atoms with Crippen molar-refractivity contribution in [3.05, 3.63) is 88.6 Å². The molecule has 164 valence electrons. The fraction of sp³-hybridized carbons (Fsp3) is 0.222. The molecule has 0 atom stereocenters. The maximum atomic E-state index is 13.2. The van der Waals surface area contributed by atoms with E-state index in [0.29, 0.717) is 29.8 Å². The molecule has 1 heterocycles. The average Bonchev–Trinajstić information content (AvgIpc) is 2.85. The standard InChI is InChI=1S/C27H28N2O3/c1-31-27-24(30)23-11-7-10-22(18-29-17-6-5-16-28)25(23)32-26(27)21-14-12-20(13-15-21)19-8-3-2-4-9-19/h2-4,7-15,29H,5-6,16-18,28H2,1H3. The van der Waals surface area contributed by atoms with E-state index < -0.39 is 0 Å². The van der Waals surface area contributed by atoms with Gasteiger partial charge in [-0.15, -0.1) is 0 Å². The molecule has 0 spiro atoms. The summed E-state index contributed by atoms with van der Waals surface area (Å²) in [4.78, 5) is 13.2. The molecule has 5 nitrogen and oxygen atoms in total. The normalized spacial score (nSPS) is 11.1. The Kier molecular flexibility index (Phi) is 7.00. The summed E-state index contributed by atoms with van der Waals surface area (Å²) >= 11 is 0. The number of para-hydroxylation sites is 1. The first kappa shape index (κ1) is 21.8. The summed E-state index contributed by atoms with van der Waals surface area (Å²) in [5.74, 6) is 0.665. The zero-order chi connectivity index (χ0) is 22.3. The van der Waals surface area contributed by atoms with Crippen molar-refractivity contribution < 1.29 is 9.15 Å². The van der Waals surface area contributed by atoms with Crippen LogP contribution in [0.5, 0.6) is 5.75 Å². The minimum atomic E-state index is -0.166. The quantitative estimate of drug-likeness (QED) is 0.368. The van der Waals surface area contributed by atoms with Crippen LogP contribution in [0, 0.1) is 0 Å². The van der Waals surface area contributed by atoms with Crippen molar-refractivity contribution in [2.75, 3.05) is 20.2 Å². The predicted octanol–water partition coefficient (Wildman–Crippen LogP) is 4.96. The molecule has 0 bridgehead atoms. The summed E-state index contributed by atoms with van der Waals surface area (Å²) in [6.07, 6.45) is 2.00. The zero-order valence-electron chi connectivity index (χ0n) is 18.3. The van der Waals surface area contributed by atoms with Crippen LogP contribution >= 0.6 is 0 Å². The van der Waals surface area contributed by atoms with Gasteiger partial charge in [0.1, 0.15) is 5.58 Å². The van der Waals surface area contributed by atoms with E-state index in [2.05, 4.69) is 17.4 Å². The van der Waals surface area contributed by atoms with Crippen molar-refractivity contribution in [1.82, 2.24) is 5.32 Å². The summed E-state index contributed by atoms with van der Waals surface area (Å²) < 4.78 is 11.8. The Bertz CT molecular complexity index is 1230. The van der Waals surface area contributed by atoms with Crippen molar-refractivity contribution in [3.63, 3.8) is 0 Å². The van der Waals surface area contributed by atoms with E-state index in [1.807, 2.05) is 54.6 Å². The lowest BCUT2D eigenvalue weighted by Crippen LogP contribution is -2.16. The molecular weight excluding hydrogens is 400 g/mol. The number of rotatable bonds is 9. The maximum absolute atomic E-state index is 13.2. The highest BCUT2D eigenvalue weighted by Gasteiger charge is 2.18. The summed E-state index contributed by atoms with van der Waals surface area (Å²) in [5.41, 5.74) is 9.96. The Morgan fingerprint density at radius 1 is 0.875 bits per heavy atom. The van der Waals surface area contributed by atoms with Crippen LogP contribution < -0.4 is 21.2 Å². The Hall–Kier alpha value is -3.41. The van der Waals surface area contributed by atoms with Gasteiger partial charge in [-0.3, -0.25) is 4.79 Å². The van der Waals surface area contributed by atoms with Gasteiger partial charge in [-0.05, 0) is 43.1 Å². The molecule has 0 unspecified atom stereocenters. The third kappa shape index (κ3) is 4.59. The highest BCUT2D eigenvalue weighted by atomic mass is 16.5. The van der Waals surface area contributed by atoms with Crippen LogP contribution in [0.1, 0.15) is 18.4 Å². The first-order chi connectivity index (χ1) is 15.7. The van der Waals surface area contributed by atoms with Crippen LogP contribution in [0.3, 0.4) is 0 Å². The third-order valence-corrected chi connectivity index (χ3v) is 5.54. The molecule has 0 aliphatic rings. The average molecular weight is 429 g/mol. The van der Waals surface area contributed by atoms with E-state index in [4.69, 9.17) is 14.9 Å². The molecule has 0 aliphatic heterocycles. The van der Waals surface area contributed by atoms with E-state index in [9.17, 15) is 4.79 Å². The molecular formula is C27H28N2O3. The van der Waals surface area contributed by atoms with Gasteiger partial charge in [-0.2, -0.15) is 0 Å². The van der Waals surface area contributed by atoms with Gasteiger partial charge in [0.25, 0.3) is 0 Å². The topological polar surface area (TPSA) is 77.5 Å². The highest BCUT2D eigenvalue weighted by Crippen LogP contribution is 2.33. The number of nitrogens with one attached hydrogen (secondary N) is 1. The van der Waals surface area contributed by atoms with Crippen LogP contribution in [0.15, 0.2) is 82.0 Å². The lowest BCUT2D eigenvalue weighted by Gasteiger charge is -2.12. The predicted molar refractivity (Wildman–Crippen MR) is 130 cm³/mol. The van der Waals surface area contributed by atoms with Gasteiger partial charge in [-0.1, -0.05) is 66.7 Å². The Balaban J connectivity index is 1.72. The number of hydrogen-bond acceptors (Lipinski definition) is 5. The second-order valence-corrected chi connectivity index (χ2v) is 7.70. The molecule has 4 aromatic rings. The second-order valence-electron chi connectivity index (χ2n) is 7.70. The molecule has 3 aromatic carbocycles. The van der Waals surface area contributed by atoms with E-state index in [1.54, 1.807) is 6.07 Å². The zero-order valence-corrected chi connectivity index (χ0v) is 18.3. The molecule has 5 heteroatoms. The summed E-state index contributed by atoms with van der Waals surface area (Å²) in [6.45, 7) is 2.17. The molecule has 32 heavy (non-hydrogen) atoms. The van der Waals surface area contributed by atoms with Crippen molar-refractivity contribution in [2.24, 2.45) is 5.73 Å². The number of unbranched alkanes of at least 4 members (excludes halogenated alkanes) is 1. The van der Waals surface area contributed by atoms with Crippen LogP contribution in [0.2, 0.25) is 0 Å². The van der Waals surface area contributed by atoms with Gasteiger partial charge in [0, 0.05) is 17.7 Å². The SMILES string of the molecule is COc1c(-c2ccc(-c3ccccc3)cc2)oc2c(CNCCCCN)cccc2c1=O. The monoisotopic (exact) mass is 428 g/mol. The van der Waals surface area contributed by atoms with E-state index in [1.165, 1.54) is 7.11 Å². The lowest BCUT2D eigenvalue weighted by atomic mass is 10.0. The fourth-order valence-electron chi connectivity index (χ4n) is 3.83. The van der Waals surface area contributed by atoms with Crippen molar-refractivity contribution >= 4 is 11.0 Å². The van der Waals surface area contributed by atoms with Gasteiger partial charge in [-0.25, -0.2) is 0 Å². The molecule has 4 rings (SSSR count). The summed E-state index contributed by atoms with van der Waals surface area (Å²) in [6, 6.07) is 23.8. The molecule has 0 amide bonds. The van der Waals surface area contributed by atoms with Crippen molar-refractivity contribution in [3.8, 4) is 28.2 Å². The Labute approximate surface area is 187 Å². The minimum absolute atomic E-state index is 0.166. The smallest absolute Gasteiger partial charge is 0.235 e. The third-order valence-electron chi connectivity index (χ3n) is 5.54. The largest absolute Gasteiger partial charge is 0.490 e. The second kappa shape index (κ2) is 10.3. The van der Waals surface area contributed by atoms with Crippen LogP contribution in [-0.4, -0.2) is 20.2 Å². The molecule has 3 N–H and O–H groups in total. The van der Waals surface area contributed by atoms with Gasteiger partial charge >= 0.3 is 0 Å². The van der Waals surface area contributed by atoms with E-state index in [-0.39, 0.29) is 11.2 Å². The molecule has 1 aromatic heterocycles. The van der Waals surface area contributed by atoms with Gasteiger partial charge in [0.2, 0.25) is 11.2 Å². The first-order valence-corrected chi connectivity index (χ1v) is 10.9. The number of ether oxygens (including phenoxy) is 1. The molecule has 0 aliphatic carbocycles. The highest BCUT2D eigenvalue weighted by molar-refractivity contribution is 5.84. The molecule has 0 saturated heterocycles. The van der Waals surface area contributed by atoms with Crippen LogP contribution in [-0.2, 0) is 6.54 Å². The van der Waals surface area contributed by atoms with Crippen molar-refractivity contribution in [1.29, 1.82) is 0 Å².